The van der Waals surface area contributed by atoms with Crippen molar-refractivity contribution in [3.8, 4) is 11.5 Å². The number of nitrogens with zero attached hydrogens (tertiary/aromatic N) is 1. The van der Waals surface area contributed by atoms with E-state index in [9.17, 15) is 14.4 Å². The summed E-state index contributed by atoms with van der Waals surface area (Å²) in [5.74, 6) is 0.527. The minimum Gasteiger partial charge on any atom is -0.490 e. The molecule has 0 bridgehead atoms. The maximum absolute atomic E-state index is 12.6. The number of carbonyl (C=O) groups excluding carboxylic acids is 3. The number of hydrogen-bond acceptors (Lipinski definition) is 6. The van der Waals surface area contributed by atoms with Crippen LogP contribution >= 0.6 is 0 Å². The first-order valence-electron chi connectivity index (χ1n) is 10.5. The Morgan fingerprint density at radius 1 is 0.909 bits per heavy atom. The van der Waals surface area contributed by atoms with Crippen LogP contribution in [0.25, 0.3) is 0 Å². The van der Waals surface area contributed by atoms with Crippen molar-refractivity contribution in [2.75, 3.05) is 18.1 Å². The van der Waals surface area contributed by atoms with Gasteiger partial charge in [-0.05, 0) is 36.4 Å². The average Bonchev–Trinajstić information content (AvgIpc) is 3.34. The van der Waals surface area contributed by atoms with Gasteiger partial charge in [-0.2, -0.15) is 0 Å². The van der Waals surface area contributed by atoms with Crippen LogP contribution < -0.4 is 25.2 Å². The number of hydrazine groups is 1. The number of fused-ring (bicyclic) bond motifs is 1. The Kier molecular flexibility index (Phi) is 6.89. The number of anilines is 1. The summed E-state index contributed by atoms with van der Waals surface area (Å²) in [6, 6.07) is 19.6. The molecular weight excluding hydrogens is 426 g/mol. The third-order valence-electron chi connectivity index (χ3n) is 4.92. The van der Waals surface area contributed by atoms with E-state index in [4.69, 9.17) is 13.9 Å². The summed E-state index contributed by atoms with van der Waals surface area (Å²) in [5, 5.41) is 0. The minimum absolute atomic E-state index is 0.00222. The Balaban J connectivity index is 1.20. The van der Waals surface area contributed by atoms with Gasteiger partial charge in [-0.25, -0.2) is 0 Å². The zero-order chi connectivity index (χ0) is 23.0. The Hall–Kier alpha value is -4.27. The number of amides is 3. The fourth-order valence-electron chi connectivity index (χ4n) is 3.28. The van der Waals surface area contributed by atoms with Crippen molar-refractivity contribution in [3.05, 3.63) is 78.3 Å². The highest BCUT2D eigenvalue weighted by Crippen LogP contribution is 2.31. The highest BCUT2D eigenvalue weighted by Gasteiger charge is 2.23. The van der Waals surface area contributed by atoms with E-state index in [1.165, 1.54) is 6.07 Å². The zero-order valence-corrected chi connectivity index (χ0v) is 17.8. The second kappa shape index (κ2) is 10.4. The van der Waals surface area contributed by atoms with E-state index in [0.717, 1.165) is 0 Å². The van der Waals surface area contributed by atoms with Gasteiger partial charge in [-0.1, -0.05) is 30.3 Å². The van der Waals surface area contributed by atoms with E-state index in [0.29, 0.717) is 36.1 Å². The fourth-order valence-corrected chi connectivity index (χ4v) is 3.28. The van der Waals surface area contributed by atoms with Gasteiger partial charge < -0.3 is 18.8 Å². The molecule has 4 rings (SSSR count). The van der Waals surface area contributed by atoms with Gasteiger partial charge in [0.25, 0.3) is 0 Å². The van der Waals surface area contributed by atoms with E-state index >= 15 is 0 Å². The van der Waals surface area contributed by atoms with Crippen molar-refractivity contribution in [1.82, 2.24) is 10.9 Å². The van der Waals surface area contributed by atoms with Crippen LogP contribution in [0.3, 0.4) is 0 Å². The van der Waals surface area contributed by atoms with Gasteiger partial charge in [0.15, 0.2) is 5.76 Å². The van der Waals surface area contributed by atoms with Crippen molar-refractivity contribution in [3.63, 3.8) is 0 Å². The predicted octanol–water partition coefficient (Wildman–Crippen LogP) is 2.83. The molecule has 33 heavy (non-hydrogen) atoms. The summed E-state index contributed by atoms with van der Waals surface area (Å²) in [5.41, 5.74) is 5.27. The van der Waals surface area contributed by atoms with E-state index < -0.39 is 11.8 Å². The largest absolute Gasteiger partial charge is 0.490 e. The summed E-state index contributed by atoms with van der Waals surface area (Å²) in [4.78, 5) is 38.5. The molecule has 0 saturated heterocycles. The molecule has 0 unspecified atom stereocenters. The molecule has 0 fully saturated rings. The molecule has 3 aromatic rings. The van der Waals surface area contributed by atoms with Gasteiger partial charge in [-0.3, -0.25) is 25.2 Å². The summed E-state index contributed by atoms with van der Waals surface area (Å²) >= 11 is 0. The van der Waals surface area contributed by atoms with Gasteiger partial charge in [0.2, 0.25) is 11.8 Å². The van der Waals surface area contributed by atoms with Gasteiger partial charge in [-0.15, -0.1) is 0 Å². The van der Waals surface area contributed by atoms with Gasteiger partial charge in [0.1, 0.15) is 30.5 Å². The summed E-state index contributed by atoms with van der Waals surface area (Å²) in [6.07, 6.45) is -0.0786. The fraction of sp³-hybridized carbons (Fsp3) is 0.208. The summed E-state index contributed by atoms with van der Waals surface area (Å²) in [6.45, 7) is 0.978. The molecule has 1 aliphatic rings. The van der Waals surface area contributed by atoms with Crippen molar-refractivity contribution in [2.24, 2.45) is 0 Å². The molecule has 9 nitrogen and oxygen atoms in total. The number of rotatable bonds is 7. The minimum atomic E-state index is -0.609. The molecule has 0 saturated carbocycles. The molecule has 170 valence electrons. The second-order valence-electron chi connectivity index (χ2n) is 7.23. The SMILES string of the molecule is O=C(CCC(=O)N1CCOc2ccccc21)NNC(=O)c1ccc(COc2ccccc2)o1. The Morgan fingerprint density at radius 3 is 2.55 bits per heavy atom. The monoisotopic (exact) mass is 449 g/mol. The highest BCUT2D eigenvalue weighted by atomic mass is 16.5. The van der Waals surface area contributed by atoms with Crippen molar-refractivity contribution >= 4 is 23.4 Å². The number of nitrogens with one attached hydrogen (secondary N) is 2. The normalized spacial score (nSPS) is 12.3. The standard InChI is InChI=1S/C24H23N3O6/c28-22(12-13-23(29)27-14-15-31-20-9-5-4-8-19(20)27)25-26-24(30)21-11-10-18(33-21)16-32-17-6-2-1-3-7-17/h1-11H,12-16H2,(H,25,28)(H,26,30). The quantitative estimate of drug-likeness (QED) is 0.537. The van der Waals surface area contributed by atoms with Crippen molar-refractivity contribution in [1.29, 1.82) is 0 Å². The van der Waals surface area contributed by atoms with Crippen LogP contribution in [0, 0.1) is 0 Å². The van der Waals surface area contributed by atoms with E-state index in [1.54, 1.807) is 23.1 Å². The number of furan rings is 1. The molecule has 0 spiro atoms. The van der Waals surface area contributed by atoms with Crippen LogP contribution in [0.1, 0.15) is 29.2 Å². The molecular formula is C24H23N3O6. The number of para-hydroxylation sites is 3. The van der Waals surface area contributed by atoms with Gasteiger partial charge >= 0.3 is 5.91 Å². The molecule has 9 heteroatoms. The first-order chi connectivity index (χ1) is 16.1. The molecule has 3 amide bonds. The maximum atomic E-state index is 12.6. The lowest BCUT2D eigenvalue weighted by molar-refractivity contribution is -0.125. The van der Waals surface area contributed by atoms with Crippen molar-refractivity contribution < 1.29 is 28.3 Å². The number of benzene rings is 2. The van der Waals surface area contributed by atoms with E-state index in [-0.39, 0.29) is 31.1 Å². The molecule has 0 radical (unpaired) electrons. The smallest absolute Gasteiger partial charge is 0.305 e. The Morgan fingerprint density at radius 2 is 1.70 bits per heavy atom. The third-order valence-corrected chi connectivity index (χ3v) is 4.92. The van der Waals surface area contributed by atoms with Crippen LogP contribution in [0.4, 0.5) is 5.69 Å². The van der Waals surface area contributed by atoms with Gasteiger partial charge in [0, 0.05) is 12.8 Å². The van der Waals surface area contributed by atoms with Crippen molar-refractivity contribution in [2.45, 2.75) is 19.4 Å². The number of carbonyl (C=O) groups is 3. The van der Waals surface area contributed by atoms with Crippen LogP contribution in [0.15, 0.2) is 71.1 Å². The van der Waals surface area contributed by atoms with Crippen LogP contribution in [0.5, 0.6) is 11.5 Å². The molecule has 2 aromatic carbocycles. The summed E-state index contributed by atoms with van der Waals surface area (Å²) < 4.78 is 16.6. The predicted molar refractivity (Wildman–Crippen MR) is 119 cm³/mol. The highest BCUT2D eigenvalue weighted by molar-refractivity contribution is 5.97. The molecule has 2 heterocycles. The lowest BCUT2D eigenvalue weighted by Gasteiger charge is -2.29. The first-order valence-corrected chi connectivity index (χ1v) is 10.5. The molecule has 0 aliphatic carbocycles. The van der Waals surface area contributed by atoms with Gasteiger partial charge in [0.05, 0.1) is 12.2 Å². The van der Waals surface area contributed by atoms with E-state index in [1.807, 2.05) is 42.5 Å². The van der Waals surface area contributed by atoms with Crippen LogP contribution in [0.2, 0.25) is 0 Å². The number of ether oxygens (including phenoxy) is 2. The third kappa shape index (κ3) is 5.70. The molecule has 1 aromatic heterocycles. The Labute approximate surface area is 190 Å². The first kappa shape index (κ1) is 21.9. The topological polar surface area (TPSA) is 110 Å². The second-order valence-corrected chi connectivity index (χ2v) is 7.23. The lowest BCUT2D eigenvalue weighted by atomic mass is 10.2. The average molecular weight is 449 g/mol. The molecule has 2 N–H and O–H groups in total. The maximum Gasteiger partial charge on any atom is 0.305 e. The molecule has 0 atom stereocenters. The molecule has 1 aliphatic heterocycles. The number of hydrogen-bond donors (Lipinski definition) is 2. The van der Waals surface area contributed by atoms with Crippen LogP contribution in [-0.2, 0) is 16.2 Å². The Bertz CT molecular complexity index is 1130. The lowest BCUT2D eigenvalue weighted by Crippen LogP contribution is -2.42. The van der Waals surface area contributed by atoms with E-state index in [2.05, 4.69) is 10.9 Å². The summed E-state index contributed by atoms with van der Waals surface area (Å²) in [7, 11) is 0. The zero-order valence-electron chi connectivity index (χ0n) is 17.8. The van der Waals surface area contributed by atoms with Crippen LogP contribution in [-0.4, -0.2) is 30.9 Å².